The number of hydrogen-bond acceptors (Lipinski definition) is 4. The van der Waals surface area contributed by atoms with Crippen molar-refractivity contribution in [3.05, 3.63) is 72.3 Å². The van der Waals surface area contributed by atoms with Gasteiger partial charge in [0.15, 0.2) is 0 Å². The standard InChI is InChI=1S/C20H15N3OS/c21-11-12-25-20-18(19(22)24)16(14-7-3-1-4-8-14)13-17(23-20)15-9-5-2-6-10-15/h1-10,13H,12H2,(H2,22,24). The van der Waals surface area contributed by atoms with Gasteiger partial charge in [0.2, 0.25) is 0 Å². The van der Waals surface area contributed by atoms with Crippen LogP contribution >= 0.6 is 11.8 Å². The second-order valence-electron chi connectivity index (χ2n) is 5.28. The Balaban J connectivity index is 2.27. The van der Waals surface area contributed by atoms with Gasteiger partial charge in [-0.15, -0.1) is 0 Å². The monoisotopic (exact) mass is 345 g/mol. The Labute approximate surface area is 150 Å². The smallest absolute Gasteiger partial charge is 0.252 e. The molecule has 0 aliphatic carbocycles. The summed E-state index contributed by atoms with van der Waals surface area (Å²) in [6.07, 6.45) is 0. The van der Waals surface area contributed by atoms with E-state index in [1.54, 1.807) is 0 Å². The molecule has 0 radical (unpaired) electrons. The van der Waals surface area contributed by atoms with Crippen LogP contribution in [0.3, 0.4) is 0 Å². The van der Waals surface area contributed by atoms with Gasteiger partial charge in [-0.3, -0.25) is 4.79 Å². The number of nitriles is 1. The highest BCUT2D eigenvalue weighted by atomic mass is 32.2. The highest BCUT2D eigenvalue weighted by Crippen LogP contribution is 2.34. The van der Waals surface area contributed by atoms with Crippen LogP contribution in [-0.4, -0.2) is 16.6 Å². The summed E-state index contributed by atoms with van der Waals surface area (Å²) in [7, 11) is 0. The number of aromatic nitrogens is 1. The maximum absolute atomic E-state index is 12.1. The summed E-state index contributed by atoms with van der Waals surface area (Å²) < 4.78 is 0. The number of hydrogen-bond donors (Lipinski definition) is 1. The highest BCUT2D eigenvalue weighted by molar-refractivity contribution is 7.99. The van der Waals surface area contributed by atoms with E-state index in [4.69, 9.17) is 11.0 Å². The Morgan fingerprint density at radius 3 is 2.20 bits per heavy atom. The van der Waals surface area contributed by atoms with Gasteiger partial charge in [0.1, 0.15) is 5.03 Å². The number of rotatable bonds is 5. The average molecular weight is 345 g/mol. The number of nitrogens with two attached hydrogens (primary N) is 1. The number of benzene rings is 2. The predicted molar refractivity (Wildman–Crippen MR) is 100.0 cm³/mol. The summed E-state index contributed by atoms with van der Waals surface area (Å²) in [4.78, 5) is 16.7. The van der Waals surface area contributed by atoms with Crippen molar-refractivity contribution in [1.29, 1.82) is 5.26 Å². The van der Waals surface area contributed by atoms with E-state index in [1.807, 2.05) is 66.7 Å². The Morgan fingerprint density at radius 1 is 1.04 bits per heavy atom. The van der Waals surface area contributed by atoms with Crippen molar-refractivity contribution < 1.29 is 4.79 Å². The molecule has 0 aliphatic rings. The van der Waals surface area contributed by atoms with Crippen molar-refractivity contribution in [2.24, 2.45) is 5.73 Å². The van der Waals surface area contributed by atoms with Crippen molar-refractivity contribution in [3.8, 4) is 28.5 Å². The molecule has 4 nitrogen and oxygen atoms in total. The van der Waals surface area contributed by atoms with Crippen LogP contribution in [0.5, 0.6) is 0 Å². The molecule has 0 atom stereocenters. The number of carbonyl (C=O) groups is 1. The van der Waals surface area contributed by atoms with E-state index in [2.05, 4.69) is 11.1 Å². The first-order valence-corrected chi connectivity index (χ1v) is 8.64. The average Bonchev–Trinajstić information content (AvgIpc) is 2.66. The summed E-state index contributed by atoms with van der Waals surface area (Å²) in [5.41, 5.74) is 9.28. The molecule has 0 aliphatic heterocycles. The predicted octanol–water partition coefficient (Wildman–Crippen LogP) is 4.13. The summed E-state index contributed by atoms with van der Waals surface area (Å²) in [6.45, 7) is 0. The van der Waals surface area contributed by atoms with Crippen molar-refractivity contribution in [3.63, 3.8) is 0 Å². The molecular formula is C20H15N3OS. The molecule has 0 saturated heterocycles. The van der Waals surface area contributed by atoms with Gasteiger partial charge in [0.25, 0.3) is 5.91 Å². The molecule has 2 aromatic carbocycles. The third-order valence-electron chi connectivity index (χ3n) is 3.66. The molecule has 25 heavy (non-hydrogen) atoms. The molecule has 0 fully saturated rings. The fourth-order valence-corrected chi connectivity index (χ4v) is 3.29. The number of amides is 1. The fourth-order valence-electron chi connectivity index (χ4n) is 2.57. The fraction of sp³-hybridized carbons (Fsp3) is 0.0500. The highest BCUT2D eigenvalue weighted by Gasteiger charge is 2.19. The Morgan fingerprint density at radius 2 is 1.64 bits per heavy atom. The molecule has 122 valence electrons. The van der Waals surface area contributed by atoms with Crippen molar-refractivity contribution in [2.45, 2.75) is 5.03 Å². The maximum Gasteiger partial charge on any atom is 0.252 e. The minimum atomic E-state index is -0.550. The lowest BCUT2D eigenvalue weighted by Gasteiger charge is -2.14. The SMILES string of the molecule is N#CCSc1nc(-c2ccccc2)cc(-c2ccccc2)c1C(N)=O. The van der Waals surface area contributed by atoms with Crippen molar-refractivity contribution >= 4 is 17.7 Å². The van der Waals surface area contributed by atoms with Crippen LogP contribution in [0, 0.1) is 11.3 Å². The third kappa shape index (κ3) is 3.70. The van der Waals surface area contributed by atoms with E-state index in [1.165, 1.54) is 11.8 Å². The lowest BCUT2D eigenvalue weighted by Crippen LogP contribution is -2.15. The second-order valence-corrected chi connectivity index (χ2v) is 6.24. The normalized spacial score (nSPS) is 10.2. The van der Waals surface area contributed by atoms with E-state index in [-0.39, 0.29) is 5.75 Å². The molecule has 2 N–H and O–H groups in total. The molecule has 0 bridgehead atoms. The number of nitrogens with zero attached hydrogens (tertiary/aromatic N) is 2. The van der Waals surface area contributed by atoms with Gasteiger partial charge >= 0.3 is 0 Å². The van der Waals surface area contributed by atoms with Crippen LogP contribution in [0.15, 0.2) is 71.8 Å². The minimum absolute atomic E-state index is 0.194. The Bertz CT molecular complexity index is 934. The lowest BCUT2D eigenvalue weighted by atomic mass is 9.98. The summed E-state index contributed by atoms with van der Waals surface area (Å²) in [6, 6.07) is 23.2. The van der Waals surface area contributed by atoms with E-state index < -0.39 is 5.91 Å². The molecule has 1 aromatic heterocycles. The molecule has 1 amide bonds. The van der Waals surface area contributed by atoms with Gasteiger partial charge in [-0.25, -0.2) is 4.98 Å². The number of primary amides is 1. The van der Waals surface area contributed by atoms with Crippen LogP contribution in [-0.2, 0) is 0 Å². The first-order chi connectivity index (χ1) is 12.2. The largest absolute Gasteiger partial charge is 0.365 e. The molecule has 0 saturated carbocycles. The zero-order valence-corrected chi connectivity index (χ0v) is 14.2. The summed E-state index contributed by atoms with van der Waals surface area (Å²) in [5, 5.41) is 9.40. The minimum Gasteiger partial charge on any atom is -0.365 e. The third-order valence-corrected chi connectivity index (χ3v) is 4.50. The number of carbonyl (C=O) groups excluding carboxylic acids is 1. The van der Waals surface area contributed by atoms with E-state index >= 15 is 0 Å². The lowest BCUT2D eigenvalue weighted by molar-refractivity contribution is 0.0997. The molecule has 3 aromatic rings. The number of pyridine rings is 1. The molecule has 0 unspecified atom stereocenters. The van der Waals surface area contributed by atoms with Gasteiger partial charge in [-0.1, -0.05) is 72.4 Å². The van der Waals surface area contributed by atoms with E-state index in [0.717, 1.165) is 22.4 Å². The van der Waals surface area contributed by atoms with Crippen molar-refractivity contribution in [2.75, 3.05) is 5.75 Å². The van der Waals surface area contributed by atoms with Crippen LogP contribution < -0.4 is 5.73 Å². The van der Waals surface area contributed by atoms with Crippen LogP contribution in [0.2, 0.25) is 0 Å². The van der Waals surface area contributed by atoms with Crippen LogP contribution in [0.1, 0.15) is 10.4 Å². The first kappa shape index (κ1) is 16.7. The van der Waals surface area contributed by atoms with Crippen LogP contribution in [0.4, 0.5) is 0 Å². The first-order valence-electron chi connectivity index (χ1n) is 7.66. The summed E-state index contributed by atoms with van der Waals surface area (Å²) in [5.74, 6) is -0.355. The topological polar surface area (TPSA) is 79.8 Å². The zero-order chi connectivity index (χ0) is 17.6. The molecule has 3 rings (SSSR count). The molecule has 1 heterocycles. The van der Waals surface area contributed by atoms with E-state index in [0.29, 0.717) is 10.6 Å². The van der Waals surface area contributed by atoms with Gasteiger partial charge < -0.3 is 5.73 Å². The van der Waals surface area contributed by atoms with E-state index in [9.17, 15) is 4.79 Å². The summed E-state index contributed by atoms with van der Waals surface area (Å²) >= 11 is 1.22. The molecule has 5 heteroatoms. The van der Waals surface area contributed by atoms with Gasteiger partial charge in [-0.05, 0) is 17.2 Å². The molecular weight excluding hydrogens is 330 g/mol. The van der Waals surface area contributed by atoms with Gasteiger partial charge in [0, 0.05) is 5.56 Å². The van der Waals surface area contributed by atoms with Gasteiger partial charge in [-0.2, -0.15) is 5.26 Å². The Kier molecular flexibility index (Phi) is 5.12. The van der Waals surface area contributed by atoms with Gasteiger partial charge in [0.05, 0.1) is 23.1 Å². The number of thioether (sulfide) groups is 1. The zero-order valence-electron chi connectivity index (χ0n) is 13.3. The van der Waals surface area contributed by atoms with Crippen LogP contribution in [0.25, 0.3) is 22.4 Å². The van der Waals surface area contributed by atoms with Crippen molar-refractivity contribution in [1.82, 2.24) is 4.98 Å². The molecule has 0 spiro atoms. The second kappa shape index (κ2) is 7.65. The maximum atomic E-state index is 12.1. The Hall–Kier alpha value is -3.10. The quantitative estimate of drug-likeness (QED) is 0.705.